The molecule has 0 aromatic rings. The average Bonchev–Trinajstić information content (AvgIpc) is 2.76. The Balaban J connectivity index is 1.73. The molecule has 84 valence electrons. The average molecular weight is 227 g/mol. The highest BCUT2D eigenvalue weighted by Crippen LogP contribution is 2.44. The summed E-state index contributed by atoms with van der Waals surface area (Å²) in [5, 5.41) is 3.80. The first-order valence-electron chi connectivity index (χ1n) is 5.48. The minimum Gasteiger partial charge on any atom is -0.358 e. The molecule has 2 bridgehead atoms. The Morgan fingerprint density at radius 1 is 1.27 bits per heavy atom. The van der Waals surface area contributed by atoms with E-state index in [4.69, 9.17) is 12.2 Å². The standard InChI is InChI=1S/C10H17N3OS/c1-6(14)12-13-10(15)11-9-5-7-2-3-8(9)4-7/h7-9H,2-5H2,1H3,(H,12,14)(H2,11,13,15)/t7-,8+,9+/m0/s1. The topological polar surface area (TPSA) is 53.2 Å². The van der Waals surface area contributed by atoms with Crippen LogP contribution in [0.3, 0.4) is 0 Å². The van der Waals surface area contributed by atoms with E-state index in [1.165, 1.54) is 32.6 Å². The van der Waals surface area contributed by atoms with Gasteiger partial charge in [-0.2, -0.15) is 0 Å². The van der Waals surface area contributed by atoms with Crippen LogP contribution >= 0.6 is 12.2 Å². The highest BCUT2D eigenvalue weighted by molar-refractivity contribution is 7.80. The van der Waals surface area contributed by atoms with Gasteiger partial charge in [0.15, 0.2) is 5.11 Å². The number of carbonyl (C=O) groups excluding carboxylic acids is 1. The number of fused-ring (bicyclic) bond motifs is 2. The number of hydrogen-bond acceptors (Lipinski definition) is 2. The van der Waals surface area contributed by atoms with Crippen LogP contribution in [0.1, 0.15) is 32.6 Å². The lowest BCUT2D eigenvalue weighted by Crippen LogP contribution is -2.50. The summed E-state index contributed by atoms with van der Waals surface area (Å²) in [5.74, 6) is 1.55. The number of hydrazine groups is 1. The second-order valence-electron chi connectivity index (χ2n) is 4.56. The minimum atomic E-state index is -0.132. The van der Waals surface area contributed by atoms with Gasteiger partial charge in [-0.05, 0) is 43.3 Å². The molecule has 15 heavy (non-hydrogen) atoms. The fraction of sp³-hybridized carbons (Fsp3) is 0.800. The van der Waals surface area contributed by atoms with Gasteiger partial charge in [-0.15, -0.1) is 0 Å². The van der Waals surface area contributed by atoms with Gasteiger partial charge >= 0.3 is 0 Å². The molecule has 2 aliphatic rings. The Kier molecular flexibility index (Phi) is 3.09. The molecule has 0 saturated heterocycles. The predicted octanol–water partition coefficient (Wildman–Crippen LogP) is 0.690. The first kappa shape index (κ1) is 10.7. The lowest BCUT2D eigenvalue weighted by atomic mass is 9.96. The molecule has 0 aromatic heterocycles. The molecule has 0 aliphatic heterocycles. The Labute approximate surface area is 95.2 Å². The van der Waals surface area contributed by atoms with Gasteiger partial charge in [0.25, 0.3) is 0 Å². The summed E-state index contributed by atoms with van der Waals surface area (Å²) < 4.78 is 0. The molecule has 0 radical (unpaired) electrons. The number of hydrogen-bond donors (Lipinski definition) is 3. The van der Waals surface area contributed by atoms with Gasteiger partial charge in [0, 0.05) is 13.0 Å². The number of rotatable bonds is 1. The quantitative estimate of drug-likeness (QED) is 0.456. The van der Waals surface area contributed by atoms with Gasteiger partial charge in [-0.3, -0.25) is 15.6 Å². The largest absolute Gasteiger partial charge is 0.358 e. The Bertz CT molecular complexity index is 282. The number of amides is 1. The van der Waals surface area contributed by atoms with Crippen LogP contribution in [0.2, 0.25) is 0 Å². The lowest BCUT2D eigenvalue weighted by Gasteiger charge is -2.24. The lowest BCUT2D eigenvalue weighted by molar-refractivity contribution is -0.119. The van der Waals surface area contributed by atoms with Crippen LogP contribution in [0.25, 0.3) is 0 Å². The monoisotopic (exact) mass is 227 g/mol. The molecule has 2 saturated carbocycles. The number of thiocarbonyl (C=S) groups is 1. The third kappa shape index (κ3) is 2.59. The molecule has 1 amide bonds. The summed E-state index contributed by atoms with van der Waals surface area (Å²) in [4.78, 5) is 10.7. The van der Waals surface area contributed by atoms with Crippen molar-refractivity contribution in [3.63, 3.8) is 0 Å². The van der Waals surface area contributed by atoms with E-state index in [0.717, 1.165) is 11.8 Å². The molecular formula is C10H17N3OS. The van der Waals surface area contributed by atoms with E-state index in [9.17, 15) is 4.79 Å². The van der Waals surface area contributed by atoms with Gasteiger partial charge in [-0.1, -0.05) is 6.42 Å². The first-order valence-corrected chi connectivity index (χ1v) is 5.89. The molecule has 2 fully saturated rings. The molecule has 2 aliphatic carbocycles. The molecule has 0 aromatic carbocycles. The zero-order valence-corrected chi connectivity index (χ0v) is 9.69. The Hall–Kier alpha value is -0.840. The van der Waals surface area contributed by atoms with Crippen molar-refractivity contribution in [1.82, 2.24) is 16.2 Å². The molecule has 4 nitrogen and oxygen atoms in total. The zero-order valence-electron chi connectivity index (χ0n) is 8.88. The first-order chi connectivity index (χ1) is 7.15. The van der Waals surface area contributed by atoms with E-state index in [0.29, 0.717) is 11.2 Å². The molecule has 0 heterocycles. The second-order valence-corrected chi connectivity index (χ2v) is 4.97. The van der Waals surface area contributed by atoms with Crippen molar-refractivity contribution in [1.29, 1.82) is 0 Å². The molecule has 0 unspecified atom stereocenters. The fourth-order valence-corrected chi connectivity index (χ4v) is 2.97. The van der Waals surface area contributed by atoms with E-state index in [1.54, 1.807) is 0 Å². The van der Waals surface area contributed by atoms with Crippen LogP contribution in [0, 0.1) is 11.8 Å². The summed E-state index contributed by atoms with van der Waals surface area (Å²) in [7, 11) is 0. The Morgan fingerprint density at radius 3 is 2.60 bits per heavy atom. The van der Waals surface area contributed by atoms with Gasteiger partial charge < -0.3 is 5.32 Å². The number of carbonyl (C=O) groups is 1. The smallest absolute Gasteiger partial charge is 0.235 e. The molecular weight excluding hydrogens is 210 g/mol. The van der Waals surface area contributed by atoms with Crippen molar-refractivity contribution in [2.45, 2.75) is 38.6 Å². The minimum absolute atomic E-state index is 0.132. The van der Waals surface area contributed by atoms with Crippen LogP contribution in [-0.4, -0.2) is 17.1 Å². The summed E-state index contributed by atoms with van der Waals surface area (Å²) in [6, 6.07) is 0.512. The fourth-order valence-electron chi connectivity index (χ4n) is 2.77. The summed E-state index contributed by atoms with van der Waals surface area (Å²) in [6.07, 6.45) is 5.28. The predicted molar refractivity (Wildman–Crippen MR) is 61.9 cm³/mol. The normalized spacial score (nSPS) is 32.5. The van der Waals surface area contributed by atoms with Gasteiger partial charge in [0.2, 0.25) is 5.91 Å². The van der Waals surface area contributed by atoms with E-state index in [1.807, 2.05) is 0 Å². The molecule has 5 heteroatoms. The van der Waals surface area contributed by atoms with Gasteiger partial charge in [0.05, 0.1) is 0 Å². The van der Waals surface area contributed by atoms with Gasteiger partial charge in [-0.25, -0.2) is 0 Å². The maximum Gasteiger partial charge on any atom is 0.235 e. The molecule has 0 spiro atoms. The maximum atomic E-state index is 10.7. The second kappa shape index (κ2) is 4.35. The summed E-state index contributed by atoms with van der Waals surface area (Å²) in [6.45, 7) is 1.45. The molecule has 3 N–H and O–H groups in total. The third-order valence-corrected chi connectivity index (χ3v) is 3.63. The zero-order chi connectivity index (χ0) is 10.8. The van der Waals surface area contributed by atoms with Crippen LogP contribution in [0.15, 0.2) is 0 Å². The van der Waals surface area contributed by atoms with Crippen molar-refractivity contribution < 1.29 is 4.79 Å². The van der Waals surface area contributed by atoms with E-state index >= 15 is 0 Å². The van der Waals surface area contributed by atoms with Crippen LogP contribution < -0.4 is 16.2 Å². The molecule has 3 atom stereocenters. The van der Waals surface area contributed by atoms with Crippen molar-refractivity contribution in [2.24, 2.45) is 11.8 Å². The van der Waals surface area contributed by atoms with Crippen molar-refractivity contribution >= 4 is 23.2 Å². The summed E-state index contributed by atoms with van der Waals surface area (Å²) >= 11 is 5.09. The highest BCUT2D eigenvalue weighted by atomic mass is 32.1. The maximum absolute atomic E-state index is 10.7. The SMILES string of the molecule is CC(=O)NNC(=S)N[C@@H]1C[C@H]2CC[C@@H]1C2. The van der Waals surface area contributed by atoms with Crippen LogP contribution in [-0.2, 0) is 4.79 Å². The van der Waals surface area contributed by atoms with E-state index in [-0.39, 0.29) is 5.91 Å². The van der Waals surface area contributed by atoms with Crippen LogP contribution in [0.4, 0.5) is 0 Å². The third-order valence-electron chi connectivity index (χ3n) is 3.41. The van der Waals surface area contributed by atoms with Crippen molar-refractivity contribution in [2.75, 3.05) is 0 Å². The van der Waals surface area contributed by atoms with Crippen LogP contribution in [0.5, 0.6) is 0 Å². The highest BCUT2D eigenvalue weighted by Gasteiger charge is 2.39. The van der Waals surface area contributed by atoms with Crippen molar-refractivity contribution in [3.8, 4) is 0 Å². The van der Waals surface area contributed by atoms with E-state index in [2.05, 4.69) is 16.2 Å². The van der Waals surface area contributed by atoms with E-state index < -0.39 is 0 Å². The number of nitrogens with one attached hydrogen (secondary N) is 3. The summed E-state index contributed by atoms with van der Waals surface area (Å²) in [5.41, 5.74) is 5.16. The molecule has 2 rings (SSSR count). The van der Waals surface area contributed by atoms with Crippen molar-refractivity contribution in [3.05, 3.63) is 0 Å². The van der Waals surface area contributed by atoms with Gasteiger partial charge in [0.1, 0.15) is 0 Å². The Morgan fingerprint density at radius 2 is 2.07 bits per heavy atom.